The molecular formula is C19H15F3N4O4S2. The van der Waals surface area contributed by atoms with Crippen LogP contribution < -0.4 is 0 Å². The van der Waals surface area contributed by atoms with Gasteiger partial charge in [0.25, 0.3) is 9.84 Å². The van der Waals surface area contributed by atoms with Gasteiger partial charge in [-0.05, 0) is 42.7 Å². The zero-order valence-electron chi connectivity index (χ0n) is 16.4. The van der Waals surface area contributed by atoms with Crippen molar-refractivity contribution in [1.82, 2.24) is 15.0 Å². The van der Waals surface area contributed by atoms with Crippen molar-refractivity contribution in [3.8, 4) is 17.6 Å². The second-order valence-corrected chi connectivity index (χ2v) is 11.6. The Labute approximate surface area is 181 Å². The number of rotatable bonds is 5. The van der Waals surface area contributed by atoms with Gasteiger partial charge in [-0.3, -0.25) is 4.98 Å². The van der Waals surface area contributed by atoms with Gasteiger partial charge < -0.3 is 4.98 Å². The van der Waals surface area contributed by atoms with Gasteiger partial charge in [-0.25, -0.2) is 21.8 Å². The number of benzene rings is 1. The van der Waals surface area contributed by atoms with Crippen molar-refractivity contribution in [2.45, 2.75) is 40.5 Å². The lowest BCUT2D eigenvalue weighted by atomic mass is 9.99. The molecule has 0 atom stereocenters. The fourth-order valence-corrected chi connectivity index (χ4v) is 5.12. The number of pyridine rings is 1. The number of sulfone groups is 2. The average Bonchev–Trinajstić information content (AvgIpc) is 3.43. The van der Waals surface area contributed by atoms with E-state index < -0.39 is 35.5 Å². The van der Waals surface area contributed by atoms with Crippen LogP contribution in [0.1, 0.15) is 25.3 Å². The first kappa shape index (κ1) is 22.2. The van der Waals surface area contributed by atoms with Gasteiger partial charge in [0, 0.05) is 6.20 Å². The lowest BCUT2D eigenvalue weighted by Gasteiger charge is -2.11. The summed E-state index contributed by atoms with van der Waals surface area (Å²) in [4.78, 5) is 9.91. The molecule has 8 nitrogen and oxygen atoms in total. The number of alkyl halides is 3. The minimum atomic E-state index is -5.57. The van der Waals surface area contributed by atoms with E-state index in [-0.39, 0.29) is 33.2 Å². The molecule has 168 valence electrons. The minimum absolute atomic E-state index is 0.0354. The summed E-state index contributed by atoms with van der Waals surface area (Å²) in [6.45, 7) is 1.44. The van der Waals surface area contributed by atoms with E-state index in [1.807, 2.05) is 0 Å². The molecule has 0 radical (unpaired) electrons. The second-order valence-electron chi connectivity index (χ2n) is 7.38. The molecule has 0 aliphatic heterocycles. The Balaban J connectivity index is 1.88. The van der Waals surface area contributed by atoms with Crippen molar-refractivity contribution in [2.75, 3.05) is 5.75 Å². The summed E-state index contributed by atoms with van der Waals surface area (Å²) in [5, 5.41) is 9.42. The highest BCUT2D eigenvalue weighted by molar-refractivity contribution is 7.92. The third kappa shape index (κ3) is 3.43. The van der Waals surface area contributed by atoms with Crippen molar-refractivity contribution in [2.24, 2.45) is 0 Å². The summed E-state index contributed by atoms with van der Waals surface area (Å²) in [5.74, 6) is -0.305. The number of fused-ring (bicyclic) bond motifs is 1. The standard InChI is InChI=1S/C19H15F3N4O4S2/c1-2-31(27,28)15-7-11(18(10-23)5-6-18)9-24-16(15)17-25-13-4-3-12(8-14(13)26-17)32(29,30)19(20,21)22/h3-4,7-9H,2,5-6H2,1H3,(H,25,26). The summed E-state index contributed by atoms with van der Waals surface area (Å²) in [7, 11) is -9.37. The number of imidazole rings is 1. The van der Waals surface area contributed by atoms with Crippen LogP contribution in [0.2, 0.25) is 0 Å². The maximum absolute atomic E-state index is 12.9. The Hall–Kier alpha value is -2.98. The largest absolute Gasteiger partial charge is 0.501 e. The van der Waals surface area contributed by atoms with Gasteiger partial charge in [0.15, 0.2) is 15.7 Å². The predicted molar refractivity (Wildman–Crippen MR) is 107 cm³/mol. The highest BCUT2D eigenvalue weighted by Gasteiger charge is 2.47. The number of hydrogen-bond acceptors (Lipinski definition) is 7. The first-order valence-corrected chi connectivity index (χ1v) is 12.4. The number of aromatic nitrogens is 3. The fraction of sp³-hybridized carbons (Fsp3) is 0.316. The monoisotopic (exact) mass is 484 g/mol. The Morgan fingerprint density at radius 1 is 1.19 bits per heavy atom. The van der Waals surface area contributed by atoms with Crippen LogP contribution in [0, 0.1) is 11.3 Å². The Bertz CT molecular complexity index is 1500. The molecule has 13 heteroatoms. The van der Waals surface area contributed by atoms with E-state index >= 15 is 0 Å². The first-order valence-electron chi connectivity index (χ1n) is 9.31. The van der Waals surface area contributed by atoms with E-state index in [0.29, 0.717) is 18.4 Å². The fourth-order valence-electron chi connectivity index (χ4n) is 3.27. The van der Waals surface area contributed by atoms with Crippen LogP contribution in [0.3, 0.4) is 0 Å². The normalized spacial score (nSPS) is 16.1. The van der Waals surface area contributed by atoms with Crippen molar-refractivity contribution in [3.63, 3.8) is 0 Å². The van der Waals surface area contributed by atoms with Gasteiger partial charge in [0.05, 0.1) is 38.1 Å². The first-order chi connectivity index (χ1) is 14.8. The summed E-state index contributed by atoms with van der Waals surface area (Å²) < 4.78 is 87.4. The number of H-pyrrole nitrogens is 1. The molecule has 1 fully saturated rings. The Morgan fingerprint density at radius 3 is 2.44 bits per heavy atom. The van der Waals surface area contributed by atoms with Crippen molar-refractivity contribution in [1.29, 1.82) is 5.26 Å². The van der Waals surface area contributed by atoms with Crippen LogP contribution in [0.4, 0.5) is 13.2 Å². The van der Waals surface area contributed by atoms with Crippen LogP contribution in [0.15, 0.2) is 40.3 Å². The molecule has 1 aromatic carbocycles. The summed E-state index contributed by atoms with van der Waals surface area (Å²) in [6.07, 6.45) is 2.54. The third-order valence-corrected chi connectivity index (χ3v) is 8.60. The number of hydrogen-bond donors (Lipinski definition) is 1. The predicted octanol–water partition coefficient (Wildman–Crippen LogP) is 3.27. The SMILES string of the molecule is CCS(=O)(=O)c1cc(C2(C#N)CC2)cnc1-c1nc2ccc(S(=O)(=O)C(F)(F)F)cc2[nH]1. The van der Waals surface area contributed by atoms with Crippen molar-refractivity contribution in [3.05, 3.63) is 36.0 Å². The summed E-state index contributed by atoms with van der Waals surface area (Å²) in [6, 6.07) is 6.20. The van der Waals surface area contributed by atoms with Gasteiger partial charge in [-0.1, -0.05) is 6.92 Å². The van der Waals surface area contributed by atoms with E-state index in [0.717, 1.165) is 18.2 Å². The van der Waals surface area contributed by atoms with E-state index in [2.05, 4.69) is 21.0 Å². The molecule has 0 bridgehead atoms. The lowest BCUT2D eigenvalue weighted by molar-refractivity contribution is -0.0435. The molecule has 1 saturated carbocycles. The zero-order valence-corrected chi connectivity index (χ0v) is 18.1. The van der Waals surface area contributed by atoms with Crippen LogP contribution in [-0.4, -0.2) is 43.0 Å². The molecule has 2 aromatic heterocycles. The minimum Gasteiger partial charge on any atom is -0.337 e. The molecule has 4 rings (SSSR count). The molecule has 0 amide bonds. The lowest BCUT2D eigenvalue weighted by Crippen LogP contribution is -2.23. The Morgan fingerprint density at radius 2 is 1.88 bits per heavy atom. The van der Waals surface area contributed by atoms with E-state index in [4.69, 9.17) is 0 Å². The second kappa shape index (κ2) is 7.01. The van der Waals surface area contributed by atoms with Gasteiger partial charge in [0.2, 0.25) is 0 Å². The molecule has 32 heavy (non-hydrogen) atoms. The molecule has 0 unspecified atom stereocenters. The molecule has 3 aromatic rings. The average molecular weight is 484 g/mol. The van der Waals surface area contributed by atoms with E-state index in [1.165, 1.54) is 19.2 Å². The smallest absolute Gasteiger partial charge is 0.337 e. The highest BCUT2D eigenvalue weighted by atomic mass is 32.2. The zero-order chi connectivity index (χ0) is 23.5. The highest BCUT2D eigenvalue weighted by Crippen LogP contribution is 2.48. The maximum Gasteiger partial charge on any atom is 0.501 e. The summed E-state index contributed by atoms with van der Waals surface area (Å²) in [5.41, 5.74) is -5.76. The van der Waals surface area contributed by atoms with Crippen LogP contribution in [0.5, 0.6) is 0 Å². The molecule has 2 heterocycles. The van der Waals surface area contributed by atoms with Gasteiger partial charge in [-0.2, -0.15) is 18.4 Å². The van der Waals surface area contributed by atoms with Crippen LogP contribution in [-0.2, 0) is 25.1 Å². The number of nitrogens with one attached hydrogen (secondary N) is 1. The molecule has 1 N–H and O–H groups in total. The number of nitrogens with zero attached hydrogens (tertiary/aromatic N) is 3. The quantitative estimate of drug-likeness (QED) is 0.587. The number of halogens is 3. The van der Waals surface area contributed by atoms with E-state index in [9.17, 15) is 35.3 Å². The van der Waals surface area contributed by atoms with Gasteiger partial charge in [-0.15, -0.1) is 0 Å². The third-order valence-electron chi connectivity index (χ3n) is 5.38. The number of aromatic amines is 1. The maximum atomic E-state index is 12.9. The molecule has 0 saturated heterocycles. The van der Waals surface area contributed by atoms with Crippen LogP contribution in [0.25, 0.3) is 22.6 Å². The topological polar surface area (TPSA) is 134 Å². The van der Waals surface area contributed by atoms with Crippen molar-refractivity contribution >= 4 is 30.7 Å². The van der Waals surface area contributed by atoms with Crippen molar-refractivity contribution < 1.29 is 30.0 Å². The van der Waals surface area contributed by atoms with Crippen LogP contribution >= 0.6 is 0 Å². The number of nitriles is 1. The molecule has 0 spiro atoms. The van der Waals surface area contributed by atoms with E-state index in [1.54, 1.807) is 0 Å². The van der Waals surface area contributed by atoms with Gasteiger partial charge in [0.1, 0.15) is 5.69 Å². The molecule has 1 aliphatic rings. The molecular weight excluding hydrogens is 469 g/mol. The molecule has 1 aliphatic carbocycles. The van der Waals surface area contributed by atoms with Gasteiger partial charge >= 0.3 is 5.51 Å². The summed E-state index contributed by atoms with van der Waals surface area (Å²) >= 11 is 0. The Kier molecular flexibility index (Phi) is 4.87.